The molecule has 0 fully saturated rings. The van der Waals surface area contributed by atoms with E-state index in [1.807, 2.05) is 60.7 Å². The van der Waals surface area contributed by atoms with Crippen LogP contribution < -0.4 is 5.73 Å². The summed E-state index contributed by atoms with van der Waals surface area (Å²) in [7, 11) is 0. The number of hydrogen-bond acceptors (Lipinski definition) is 4. The molecule has 1 heterocycles. The number of hydrogen-bond donors (Lipinski definition) is 1. The van der Waals surface area contributed by atoms with Gasteiger partial charge in [0, 0.05) is 18.4 Å². The van der Waals surface area contributed by atoms with E-state index in [4.69, 9.17) is 10.5 Å². The fourth-order valence-electron chi connectivity index (χ4n) is 3.85. The molecular formula is C22H18N2O2. The summed E-state index contributed by atoms with van der Waals surface area (Å²) < 4.78 is 5.76. The predicted octanol–water partition coefficient (Wildman–Crippen LogP) is 3.90. The Morgan fingerprint density at radius 2 is 1.58 bits per heavy atom. The Morgan fingerprint density at radius 1 is 0.962 bits per heavy atom. The first-order chi connectivity index (χ1) is 12.7. The fourth-order valence-corrected chi connectivity index (χ4v) is 3.85. The maximum absolute atomic E-state index is 13.1. The lowest BCUT2D eigenvalue weighted by Gasteiger charge is -2.34. The van der Waals surface area contributed by atoms with Gasteiger partial charge in [0.05, 0.1) is 5.92 Å². The van der Waals surface area contributed by atoms with Gasteiger partial charge in [-0.1, -0.05) is 60.7 Å². The SMILES string of the molecule is N#CC1=C(N)OC2=C(C(=O)C[C@H](c3ccccc3)C2)[C@@H]1c1ccccc1. The topological polar surface area (TPSA) is 76.1 Å². The summed E-state index contributed by atoms with van der Waals surface area (Å²) in [6.45, 7) is 0. The largest absolute Gasteiger partial charge is 0.444 e. The Morgan fingerprint density at radius 3 is 2.19 bits per heavy atom. The molecule has 2 atom stereocenters. The van der Waals surface area contributed by atoms with Crippen LogP contribution in [0.15, 0.2) is 83.5 Å². The molecule has 128 valence electrons. The van der Waals surface area contributed by atoms with Gasteiger partial charge in [-0.3, -0.25) is 4.79 Å². The first-order valence-electron chi connectivity index (χ1n) is 8.62. The van der Waals surface area contributed by atoms with Crippen molar-refractivity contribution in [3.8, 4) is 6.07 Å². The van der Waals surface area contributed by atoms with E-state index >= 15 is 0 Å². The third-order valence-corrected chi connectivity index (χ3v) is 5.06. The van der Waals surface area contributed by atoms with Gasteiger partial charge in [-0.2, -0.15) is 5.26 Å². The average molecular weight is 342 g/mol. The van der Waals surface area contributed by atoms with Crippen LogP contribution in [0.5, 0.6) is 0 Å². The molecule has 1 aliphatic carbocycles. The first-order valence-corrected chi connectivity index (χ1v) is 8.62. The number of allylic oxidation sites excluding steroid dienone is 3. The van der Waals surface area contributed by atoms with Crippen molar-refractivity contribution >= 4 is 5.78 Å². The minimum absolute atomic E-state index is 0.0224. The molecule has 26 heavy (non-hydrogen) atoms. The second-order valence-corrected chi connectivity index (χ2v) is 6.61. The van der Waals surface area contributed by atoms with Crippen molar-refractivity contribution in [1.29, 1.82) is 5.26 Å². The van der Waals surface area contributed by atoms with E-state index < -0.39 is 5.92 Å². The molecule has 4 heteroatoms. The predicted molar refractivity (Wildman–Crippen MR) is 97.5 cm³/mol. The molecule has 0 saturated heterocycles. The molecule has 2 aromatic rings. The number of carbonyl (C=O) groups is 1. The fraction of sp³-hybridized carbons (Fsp3) is 0.182. The molecule has 0 unspecified atom stereocenters. The maximum atomic E-state index is 13.1. The monoisotopic (exact) mass is 342 g/mol. The molecule has 0 aromatic heterocycles. The molecule has 2 N–H and O–H groups in total. The number of carbonyl (C=O) groups excluding carboxylic acids is 1. The Bertz CT molecular complexity index is 953. The summed E-state index contributed by atoms with van der Waals surface area (Å²) in [6.07, 6.45) is 1.02. The van der Waals surface area contributed by atoms with E-state index in [1.165, 1.54) is 0 Å². The van der Waals surface area contributed by atoms with Crippen LogP contribution in [-0.4, -0.2) is 5.78 Å². The van der Waals surface area contributed by atoms with E-state index in [2.05, 4.69) is 6.07 Å². The van der Waals surface area contributed by atoms with Crippen LogP contribution in [0.4, 0.5) is 0 Å². The van der Waals surface area contributed by atoms with Crippen LogP contribution in [0.1, 0.15) is 35.8 Å². The third-order valence-electron chi connectivity index (χ3n) is 5.06. The molecule has 0 bridgehead atoms. The van der Waals surface area contributed by atoms with E-state index in [0.29, 0.717) is 29.7 Å². The zero-order chi connectivity index (χ0) is 18.1. The quantitative estimate of drug-likeness (QED) is 0.898. The van der Waals surface area contributed by atoms with Crippen molar-refractivity contribution < 1.29 is 9.53 Å². The van der Waals surface area contributed by atoms with Gasteiger partial charge in [-0.05, 0) is 17.0 Å². The second kappa shape index (κ2) is 6.53. The van der Waals surface area contributed by atoms with Crippen LogP contribution in [0.2, 0.25) is 0 Å². The zero-order valence-electron chi connectivity index (χ0n) is 14.2. The zero-order valence-corrected chi connectivity index (χ0v) is 14.2. The lowest BCUT2D eigenvalue weighted by molar-refractivity contribution is -0.117. The van der Waals surface area contributed by atoms with Gasteiger partial charge in [0.25, 0.3) is 0 Å². The summed E-state index contributed by atoms with van der Waals surface area (Å²) in [5.41, 5.74) is 8.92. The molecule has 0 radical (unpaired) electrons. The second-order valence-electron chi connectivity index (χ2n) is 6.61. The smallest absolute Gasteiger partial charge is 0.205 e. The van der Waals surface area contributed by atoms with Crippen molar-refractivity contribution in [2.75, 3.05) is 0 Å². The molecule has 2 aliphatic rings. The number of rotatable bonds is 2. The average Bonchev–Trinajstić information content (AvgIpc) is 2.68. The van der Waals surface area contributed by atoms with Crippen molar-refractivity contribution in [3.05, 3.63) is 94.6 Å². The van der Waals surface area contributed by atoms with Gasteiger partial charge in [0.2, 0.25) is 5.88 Å². The number of nitriles is 1. The summed E-state index contributed by atoms with van der Waals surface area (Å²) in [5, 5.41) is 9.60. The highest BCUT2D eigenvalue weighted by atomic mass is 16.5. The normalized spacial score (nSPS) is 22.5. The number of nitrogens with zero attached hydrogens (tertiary/aromatic N) is 1. The molecule has 0 amide bonds. The highest BCUT2D eigenvalue weighted by Gasteiger charge is 2.40. The molecule has 0 spiro atoms. The molecule has 0 saturated carbocycles. The molecule has 4 rings (SSSR count). The van der Waals surface area contributed by atoms with Gasteiger partial charge < -0.3 is 10.5 Å². The first kappa shape index (κ1) is 16.2. The minimum atomic E-state index is -0.450. The molecule has 1 aliphatic heterocycles. The number of nitrogens with two attached hydrogens (primary N) is 1. The van der Waals surface area contributed by atoms with Crippen molar-refractivity contribution in [2.24, 2.45) is 5.73 Å². The lowest BCUT2D eigenvalue weighted by atomic mass is 9.74. The number of ether oxygens (including phenoxy) is 1. The van der Waals surface area contributed by atoms with Crippen molar-refractivity contribution in [3.63, 3.8) is 0 Å². The van der Waals surface area contributed by atoms with E-state index in [9.17, 15) is 10.1 Å². The van der Waals surface area contributed by atoms with Crippen LogP contribution >= 0.6 is 0 Å². The van der Waals surface area contributed by atoms with Gasteiger partial charge in [0.15, 0.2) is 5.78 Å². The van der Waals surface area contributed by atoms with E-state index in [1.54, 1.807) is 0 Å². The highest BCUT2D eigenvalue weighted by Crippen LogP contribution is 2.46. The van der Waals surface area contributed by atoms with E-state index in [-0.39, 0.29) is 17.6 Å². The molecule has 4 nitrogen and oxygen atoms in total. The summed E-state index contributed by atoms with van der Waals surface area (Å²) >= 11 is 0. The van der Waals surface area contributed by atoms with Crippen LogP contribution in [0.25, 0.3) is 0 Å². The maximum Gasteiger partial charge on any atom is 0.205 e. The van der Waals surface area contributed by atoms with E-state index in [0.717, 1.165) is 11.1 Å². The molecule has 2 aromatic carbocycles. The van der Waals surface area contributed by atoms with Crippen LogP contribution in [-0.2, 0) is 9.53 Å². The Balaban J connectivity index is 1.79. The molecular weight excluding hydrogens is 324 g/mol. The number of Topliss-reactive ketones (excluding diaryl/α,β-unsaturated/α-hetero) is 1. The number of ketones is 1. The summed E-state index contributed by atoms with van der Waals surface area (Å²) in [4.78, 5) is 13.1. The summed E-state index contributed by atoms with van der Waals surface area (Å²) in [5.74, 6) is 0.334. The van der Waals surface area contributed by atoms with Crippen LogP contribution in [0.3, 0.4) is 0 Å². The lowest BCUT2D eigenvalue weighted by Crippen LogP contribution is -2.29. The van der Waals surface area contributed by atoms with Gasteiger partial charge >= 0.3 is 0 Å². The standard InChI is InChI=1S/C22H18N2O2/c23-13-17-20(15-9-5-2-6-10-15)21-18(25)11-16(12-19(21)26-22(17)24)14-7-3-1-4-8-14/h1-10,16,20H,11-12,24H2/t16-,20+/m0/s1. The van der Waals surface area contributed by atoms with Gasteiger partial charge in [-0.15, -0.1) is 0 Å². The van der Waals surface area contributed by atoms with Crippen molar-refractivity contribution in [1.82, 2.24) is 0 Å². The van der Waals surface area contributed by atoms with Gasteiger partial charge in [0.1, 0.15) is 17.4 Å². The minimum Gasteiger partial charge on any atom is -0.444 e. The summed E-state index contributed by atoms with van der Waals surface area (Å²) in [6, 6.07) is 21.6. The third kappa shape index (κ3) is 2.68. The van der Waals surface area contributed by atoms with Crippen LogP contribution in [0, 0.1) is 11.3 Å². The Labute approximate surface area is 152 Å². The Kier molecular flexibility index (Phi) is 4.06. The van der Waals surface area contributed by atoms with Crippen molar-refractivity contribution in [2.45, 2.75) is 24.7 Å². The van der Waals surface area contributed by atoms with Gasteiger partial charge in [-0.25, -0.2) is 0 Å². The number of benzene rings is 2. The Hall–Kier alpha value is -3.32. The highest BCUT2D eigenvalue weighted by molar-refractivity contribution is 6.00.